The van der Waals surface area contributed by atoms with Crippen LogP contribution >= 0.6 is 0 Å². The van der Waals surface area contributed by atoms with E-state index in [1.807, 2.05) is 49.0 Å². The Labute approximate surface area is 148 Å². The fraction of sp³-hybridized carbons (Fsp3) is 0.474. The highest BCUT2D eigenvalue weighted by Gasteiger charge is 2.36. The van der Waals surface area contributed by atoms with Crippen LogP contribution in [-0.4, -0.2) is 45.3 Å². The number of ether oxygens (including phenoxy) is 1. The Hall–Kier alpha value is -2.50. The van der Waals surface area contributed by atoms with Gasteiger partial charge in [-0.15, -0.1) is 0 Å². The standard InChI is InChI=1S/C19H26N2O4/c1-12(14-11-20(5)15-10-8-7-9-13(14)15)16(17(22)23)21(6)18(24)25-19(2,3)4/h7-12,16H,1-6H3,(H,22,23)/t12?,16-/m1/s1. The Balaban J connectivity index is 2.39. The first-order valence-corrected chi connectivity index (χ1v) is 8.25. The van der Waals surface area contributed by atoms with Gasteiger partial charge in [0.1, 0.15) is 11.6 Å². The Morgan fingerprint density at radius 2 is 1.84 bits per heavy atom. The summed E-state index contributed by atoms with van der Waals surface area (Å²) in [7, 11) is 3.39. The maximum Gasteiger partial charge on any atom is 0.410 e. The smallest absolute Gasteiger partial charge is 0.410 e. The highest BCUT2D eigenvalue weighted by Crippen LogP contribution is 2.31. The van der Waals surface area contributed by atoms with Crippen molar-refractivity contribution in [3.8, 4) is 0 Å². The second-order valence-electron chi connectivity index (χ2n) is 7.38. The van der Waals surface area contributed by atoms with Crippen molar-refractivity contribution in [3.63, 3.8) is 0 Å². The van der Waals surface area contributed by atoms with E-state index in [1.54, 1.807) is 20.8 Å². The lowest BCUT2D eigenvalue weighted by Crippen LogP contribution is -2.47. The third-order valence-corrected chi connectivity index (χ3v) is 4.24. The number of carboxylic acids is 1. The third kappa shape index (κ3) is 3.95. The summed E-state index contributed by atoms with van der Waals surface area (Å²) in [5.74, 6) is -1.46. The summed E-state index contributed by atoms with van der Waals surface area (Å²) >= 11 is 0. The van der Waals surface area contributed by atoms with E-state index in [0.29, 0.717) is 0 Å². The number of aryl methyl sites for hydroxylation is 1. The first-order valence-electron chi connectivity index (χ1n) is 8.25. The Morgan fingerprint density at radius 1 is 1.24 bits per heavy atom. The van der Waals surface area contributed by atoms with Crippen molar-refractivity contribution < 1.29 is 19.4 Å². The topological polar surface area (TPSA) is 71.8 Å². The molecule has 25 heavy (non-hydrogen) atoms. The molecule has 1 aromatic carbocycles. The summed E-state index contributed by atoms with van der Waals surface area (Å²) in [5, 5.41) is 10.7. The molecule has 0 spiro atoms. The molecule has 1 amide bonds. The maximum atomic E-state index is 12.3. The number of aromatic nitrogens is 1. The second-order valence-corrected chi connectivity index (χ2v) is 7.38. The zero-order chi connectivity index (χ0) is 18.9. The number of benzene rings is 1. The van der Waals surface area contributed by atoms with Crippen molar-refractivity contribution in [1.82, 2.24) is 9.47 Å². The number of fused-ring (bicyclic) bond motifs is 1. The summed E-state index contributed by atoms with van der Waals surface area (Å²) in [6, 6.07) is 6.79. The van der Waals surface area contributed by atoms with E-state index in [2.05, 4.69) is 0 Å². The molecule has 6 nitrogen and oxygen atoms in total. The molecule has 0 radical (unpaired) electrons. The number of likely N-dealkylation sites (N-methyl/N-ethyl adjacent to an activating group) is 1. The number of carboxylic acid groups (broad SMARTS) is 1. The molecule has 2 atom stereocenters. The summed E-state index contributed by atoms with van der Waals surface area (Å²) in [4.78, 5) is 25.4. The number of aliphatic carboxylic acids is 1. The van der Waals surface area contributed by atoms with Gasteiger partial charge >= 0.3 is 12.1 Å². The minimum Gasteiger partial charge on any atom is -0.480 e. The van der Waals surface area contributed by atoms with Gasteiger partial charge in [-0.1, -0.05) is 25.1 Å². The van der Waals surface area contributed by atoms with Crippen molar-refractivity contribution in [2.75, 3.05) is 7.05 Å². The van der Waals surface area contributed by atoms with Gasteiger partial charge in [0.2, 0.25) is 0 Å². The second kappa shape index (κ2) is 6.78. The maximum absolute atomic E-state index is 12.3. The van der Waals surface area contributed by atoms with Crippen molar-refractivity contribution in [3.05, 3.63) is 36.0 Å². The highest BCUT2D eigenvalue weighted by atomic mass is 16.6. The van der Waals surface area contributed by atoms with Gasteiger partial charge in [0, 0.05) is 37.1 Å². The normalized spacial score (nSPS) is 14.2. The van der Waals surface area contributed by atoms with Crippen LogP contribution in [0.15, 0.2) is 30.5 Å². The van der Waals surface area contributed by atoms with E-state index in [-0.39, 0.29) is 0 Å². The number of amides is 1. The van der Waals surface area contributed by atoms with E-state index in [9.17, 15) is 14.7 Å². The Bertz CT molecular complexity index is 788. The number of hydrogen-bond acceptors (Lipinski definition) is 3. The van der Waals surface area contributed by atoms with Crippen LogP contribution in [0.5, 0.6) is 0 Å². The molecular weight excluding hydrogens is 320 g/mol. The predicted molar refractivity (Wildman–Crippen MR) is 96.8 cm³/mol. The molecule has 0 aliphatic heterocycles. The number of carbonyl (C=O) groups excluding carboxylic acids is 1. The zero-order valence-electron chi connectivity index (χ0n) is 15.6. The molecule has 1 unspecified atom stereocenters. The first-order chi connectivity index (χ1) is 11.5. The van der Waals surface area contributed by atoms with E-state index in [1.165, 1.54) is 11.9 Å². The number of rotatable bonds is 4. The molecule has 0 bridgehead atoms. The van der Waals surface area contributed by atoms with Gasteiger partial charge in [-0.3, -0.25) is 4.90 Å². The van der Waals surface area contributed by atoms with Crippen molar-refractivity contribution in [1.29, 1.82) is 0 Å². The molecule has 0 fully saturated rings. The van der Waals surface area contributed by atoms with Gasteiger partial charge < -0.3 is 14.4 Å². The van der Waals surface area contributed by atoms with Crippen LogP contribution in [0, 0.1) is 0 Å². The largest absolute Gasteiger partial charge is 0.480 e. The van der Waals surface area contributed by atoms with E-state index < -0.39 is 29.6 Å². The lowest BCUT2D eigenvalue weighted by atomic mass is 9.92. The lowest BCUT2D eigenvalue weighted by molar-refractivity contribution is -0.143. The molecular formula is C19H26N2O4. The van der Waals surface area contributed by atoms with Gasteiger partial charge in [-0.2, -0.15) is 0 Å². The van der Waals surface area contributed by atoms with Crippen LogP contribution in [0.4, 0.5) is 4.79 Å². The summed E-state index contributed by atoms with van der Waals surface area (Å²) in [6.45, 7) is 7.08. The summed E-state index contributed by atoms with van der Waals surface area (Å²) in [5.41, 5.74) is 1.23. The van der Waals surface area contributed by atoms with E-state index >= 15 is 0 Å². The van der Waals surface area contributed by atoms with Crippen LogP contribution in [0.2, 0.25) is 0 Å². The molecule has 0 saturated carbocycles. The molecule has 2 rings (SSSR count). The van der Waals surface area contributed by atoms with Gasteiger partial charge in [-0.25, -0.2) is 9.59 Å². The lowest BCUT2D eigenvalue weighted by Gasteiger charge is -2.31. The monoisotopic (exact) mass is 346 g/mol. The minimum atomic E-state index is -1.06. The SMILES string of the molecule is CC(c1cn(C)c2ccccc12)[C@H](C(=O)O)N(C)C(=O)OC(C)(C)C. The zero-order valence-corrected chi connectivity index (χ0v) is 15.6. The average molecular weight is 346 g/mol. The predicted octanol–water partition coefficient (Wildman–Crippen LogP) is 3.60. The van der Waals surface area contributed by atoms with Crippen LogP contribution in [0.3, 0.4) is 0 Å². The number of carbonyl (C=O) groups is 2. The minimum absolute atomic E-state index is 0.402. The molecule has 1 N–H and O–H groups in total. The number of hydrogen-bond donors (Lipinski definition) is 1. The number of nitrogens with zero attached hydrogens (tertiary/aromatic N) is 2. The molecule has 136 valence electrons. The van der Waals surface area contributed by atoms with Crippen molar-refractivity contribution >= 4 is 23.0 Å². The number of para-hydroxylation sites is 1. The van der Waals surface area contributed by atoms with Crippen LogP contribution in [0.25, 0.3) is 10.9 Å². The molecule has 6 heteroatoms. The Kier molecular flexibility index (Phi) is 5.11. The molecule has 2 aromatic rings. The molecule has 0 aliphatic rings. The van der Waals surface area contributed by atoms with Gasteiger partial charge in [0.05, 0.1) is 0 Å². The van der Waals surface area contributed by atoms with Gasteiger partial charge in [-0.05, 0) is 32.4 Å². The average Bonchev–Trinajstić information content (AvgIpc) is 2.83. The first kappa shape index (κ1) is 18.8. The molecule has 0 aliphatic carbocycles. The van der Waals surface area contributed by atoms with Crippen LogP contribution in [-0.2, 0) is 16.6 Å². The van der Waals surface area contributed by atoms with Gasteiger partial charge in [0.25, 0.3) is 0 Å². The van der Waals surface area contributed by atoms with Crippen LogP contribution in [0.1, 0.15) is 39.2 Å². The van der Waals surface area contributed by atoms with Crippen LogP contribution < -0.4 is 0 Å². The fourth-order valence-electron chi connectivity index (χ4n) is 3.07. The van der Waals surface area contributed by atoms with E-state index in [0.717, 1.165) is 16.5 Å². The van der Waals surface area contributed by atoms with Crippen molar-refractivity contribution in [2.24, 2.45) is 7.05 Å². The summed E-state index contributed by atoms with van der Waals surface area (Å²) in [6.07, 6.45) is 1.28. The molecule has 1 aromatic heterocycles. The van der Waals surface area contributed by atoms with Gasteiger partial charge in [0.15, 0.2) is 0 Å². The summed E-state index contributed by atoms with van der Waals surface area (Å²) < 4.78 is 7.29. The quantitative estimate of drug-likeness (QED) is 0.918. The highest BCUT2D eigenvalue weighted by molar-refractivity contribution is 5.87. The third-order valence-electron chi connectivity index (χ3n) is 4.24. The molecule has 0 saturated heterocycles. The van der Waals surface area contributed by atoms with Crippen molar-refractivity contribution in [2.45, 2.75) is 45.3 Å². The fourth-order valence-corrected chi connectivity index (χ4v) is 3.07. The Morgan fingerprint density at radius 3 is 2.40 bits per heavy atom. The molecule has 1 heterocycles. The van der Waals surface area contributed by atoms with E-state index in [4.69, 9.17) is 4.74 Å².